The van der Waals surface area contributed by atoms with Crippen LogP contribution in [0.4, 0.5) is 0 Å². The maximum atomic E-state index is 12.0. The summed E-state index contributed by atoms with van der Waals surface area (Å²) in [6, 6.07) is 8.14. The number of benzene rings is 1. The van der Waals surface area contributed by atoms with Gasteiger partial charge in [-0.05, 0) is 12.1 Å². The number of amides is 1. The van der Waals surface area contributed by atoms with Gasteiger partial charge in [0.05, 0.1) is 11.0 Å². The number of nitrogens with zero attached hydrogens (tertiary/aromatic N) is 1. The number of carbonyl (C=O) groups is 1. The van der Waals surface area contributed by atoms with Crippen molar-refractivity contribution in [2.75, 3.05) is 26.7 Å². The number of ether oxygens (including phenoxy) is 1. The van der Waals surface area contributed by atoms with Gasteiger partial charge in [-0.25, -0.2) is 13.1 Å². The summed E-state index contributed by atoms with van der Waals surface area (Å²) in [7, 11) is -1.85. The molecule has 6 nitrogen and oxygen atoms in total. The van der Waals surface area contributed by atoms with Gasteiger partial charge in [0.2, 0.25) is 15.9 Å². The third kappa shape index (κ3) is 3.52. The Labute approximate surface area is 112 Å². The molecular formula is C12H16N2O4S. The van der Waals surface area contributed by atoms with E-state index in [4.69, 9.17) is 4.74 Å². The van der Waals surface area contributed by atoms with Crippen LogP contribution in [0.5, 0.6) is 0 Å². The number of hydrogen-bond donors (Lipinski definition) is 1. The number of rotatable bonds is 4. The number of nitrogens with one attached hydrogen (secondary N) is 1. The molecule has 1 aromatic carbocycles. The molecule has 0 spiro atoms. The van der Waals surface area contributed by atoms with E-state index < -0.39 is 10.0 Å². The molecule has 2 rings (SSSR count). The predicted molar refractivity (Wildman–Crippen MR) is 69.0 cm³/mol. The van der Waals surface area contributed by atoms with E-state index in [9.17, 15) is 13.2 Å². The molecular weight excluding hydrogens is 268 g/mol. The zero-order valence-electron chi connectivity index (χ0n) is 10.6. The molecule has 1 heterocycles. The first kappa shape index (κ1) is 14.0. The van der Waals surface area contributed by atoms with E-state index in [1.165, 1.54) is 17.0 Å². The lowest BCUT2D eigenvalue weighted by atomic mass is 10.3. The molecule has 0 bridgehead atoms. The van der Waals surface area contributed by atoms with Gasteiger partial charge >= 0.3 is 0 Å². The monoisotopic (exact) mass is 284 g/mol. The van der Waals surface area contributed by atoms with Crippen LogP contribution in [0, 0.1) is 0 Å². The Bertz CT molecular complexity index is 544. The van der Waals surface area contributed by atoms with Crippen LogP contribution >= 0.6 is 0 Å². The first-order valence-corrected chi connectivity index (χ1v) is 7.37. The molecule has 7 heteroatoms. The second-order valence-corrected chi connectivity index (χ2v) is 6.14. The Morgan fingerprint density at radius 2 is 2.05 bits per heavy atom. The minimum atomic E-state index is -3.52. The number of sulfonamides is 1. The highest BCUT2D eigenvalue weighted by atomic mass is 32.2. The van der Waals surface area contributed by atoms with E-state index in [0.29, 0.717) is 6.54 Å². The SMILES string of the molecule is CN1CC(CNS(=O)(=O)c2ccccc2)OCC1=O. The van der Waals surface area contributed by atoms with Gasteiger partial charge < -0.3 is 9.64 Å². The molecule has 0 aromatic heterocycles. The largest absolute Gasteiger partial charge is 0.365 e. The molecule has 1 fully saturated rings. The fraction of sp³-hybridized carbons (Fsp3) is 0.417. The highest BCUT2D eigenvalue weighted by Gasteiger charge is 2.25. The highest BCUT2D eigenvalue weighted by molar-refractivity contribution is 7.89. The average molecular weight is 284 g/mol. The van der Waals surface area contributed by atoms with Crippen LogP contribution in [-0.4, -0.2) is 52.1 Å². The summed E-state index contributed by atoms with van der Waals surface area (Å²) < 4.78 is 31.7. The van der Waals surface area contributed by atoms with Crippen LogP contribution in [0.25, 0.3) is 0 Å². The van der Waals surface area contributed by atoms with Crippen molar-refractivity contribution in [2.24, 2.45) is 0 Å². The minimum absolute atomic E-state index is 0.00572. The lowest BCUT2D eigenvalue weighted by molar-refractivity contribution is -0.146. The summed E-state index contributed by atoms with van der Waals surface area (Å²) >= 11 is 0. The minimum Gasteiger partial charge on any atom is -0.365 e. The molecule has 1 aliphatic heterocycles. The van der Waals surface area contributed by atoms with E-state index in [0.717, 1.165) is 0 Å². The van der Waals surface area contributed by atoms with Gasteiger partial charge in [-0.15, -0.1) is 0 Å². The molecule has 0 saturated carbocycles. The van der Waals surface area contributed by atoms with Crippen molar-refractivity contribution in [3.05, 3.63) is 30.3 Å². The quantitative estimate of drug-likeness (QED) is 0.832. The smallest absolute Gasteiger partial charge is 0.248 e. The summed E-state index contributed by atoms with van der Waals surface area (Å²) in [6.07, 6.45) is -0.318. The van der Waals surface area contributed by atoms with Gasteiger partial charge in [0.25, 0.3) is 0 Å². The lowest BCUT2D eigenvalue weighted by Crippen LogP contribution is -2.48. The lowest BCUT2D eigenvalue weighted by Gasteiger charge is -2.29. The van der Waals surface area contributed by atoms with Crippen molar-refractivity contribution in [2.45, 2.75) is 11.0 Å². The predicted octanol–water partition coefficient (Wildman–Crippen LogP) is -0.178. The van der Waals surface area contributed by atoms with E-state index in [-0.39, 0.29) is 30.1 Å². The number of likely N-dealkylation sites (N-methyl/N-ethyl adjacent to an activating group) is 1. The Hall–Kier alpha value is -1.44. The van der Waals surface area contributed by atoms with Gasteiger partial charge in [-0.3, -0.25) is 4.79 Å². The second-order valence-electron chi connectivity index (χ2n) is 4.37. The van der Waals surface area contributed by atoms with Gasteiger partial charge in [0, 0.05) is 20.1 Å². The molecule has 0 radical (unpaired) electrons. The van der Waals surface area contributed by atoms with E-state index in [1.807, 2.05) is 0 Å². The van der Waals surface area contributed by atoms with Crippen LogP contribution in [0.2, 0.25) is 0 Å². The number of morpholine rings is 1. The number of carbonyl (C=O) groups excluding carboxylic acids is 1. The number of hydrogen-bond acceptors (Lipinski definition) is 4. The highest BCUT2D eigenvalue weighted by Crippen LogP contribution is 2.08. The molecule has 1 amide bonds. The molecule has 1 aliphatic rings. The first-order valence-electron chi connectivity index (χ1n) is 5.89. The van der Waals surface area contributed by atoms with Crippen LogP contribution < -0.4 is 4.72 Å². The molecule has 1 saturated heterocycles. The van der Waals surface area contributed by atoms with Crippen LogP contribution in [0.15, 0.2) is 35.2 Å². The summed E-state index contributed by atoms with van der Waals surface area (Å²) in [5, 5.41) is 0. The van der Waals surface area contributed by atoms with Crippen molar-refractivity contribution < 1.29 is 17.9 Å². The third-order valence-electron chi connectivity index (χ3n) is 2.90. The summed E-state index contributed by atoms with van der Waals surface area (Å²) in [6.45, 7) is 0.527. The Balaban J connectivity index is 1.94. The molecule has 0 aliphatic carbocycles. The van der Waals surface area contributed by atoms with Crippen molar-refractivity contribution >= 4 is 15.9 Å². The molecule has 1 atom stereocenters. The zero-order chi connectivity index (χ0) is 13.9. The molecule has 1 N–H and O–H groups in total. The third-order valence-corrected chi connectivity index (χ3v) is 4.34. The summed E-state index contributed by atoms with van der Waals surface area (Å²) in [5.41, 5.74) is 0. The molecule has 1 aromatic rings. The summed E-state index contributed by atoms with van der Waals surface area (Å²) in [4.78, 5) is 13.0. The van der Waals surface area contributed by atoms with Crippen molar-refractivity contribution in [1.82, 2.24) is 9.62 Å². The van der Waals surface area contributed by atoms with E-state index in [2.05, 4.69) is 4.72 Å². The average Bonchev–Trinajstić information content (AvgIpc) is 2.41. The summed E-state index contributed by atoms with van der Waals surface area (Å²) in [5.74, 6) is -0.0952. The fourth-order valence-corrected chi connectivity index (χ4v) is 2.86. The Morgan fingerprint density at radius 3 is 2.68 bits per heavy atom. The van der Waals surface area contributed by atoms with E-state index in [1.54, 1.807) is 25.2 Å². The van der Waals surface area contributed by atoms with Crippen molar-refractivity contribution in [3.8, 4) is 0 Å². The van der Waals surface area contributed by atoms with Crippen LogP contribution in [-0.2, 0) is 19.6 Å². The normalized spacial score (nSPS) is 20.6. The van der Waals surface area contributed by atoms with Crippen LogP contribution in [0.3, 0.4) is 0 Å². The van der Waals surface area contributed by atoms with Gasteiger partial charge in [-0.1, -0.05) is 18.2 Å². The zero-order valence-corrected chi connectivity index (χ0v) is 11.4. The second kappa shape index (κ2) is 5.68. The van der Waals surface area contributed by atoms with Crippen molar-refractivity contribution in [1.29, 1.82) is 0 Å². The van der Waals surface area contributed by atoms with Crippen molar-refractivity contribution in [3.63, 3.8) is 0 Å². The van der Waals surface area contributed by atoms with Gasteiger partial charge in [0.1, 0.15) is 6.61 Å². The first-order chi connectivity index (χ1) is 8.99. The van der Waals surface area contributed by atoms with Gasteiger partial charge in [0.15, 0.2) is 0 Å². The van der Waals surface area contributed by atoms with E-state index >= 15 is 0 Å². The van der Waals surface area contributed by atoms with Gasteiger partial charge in [-0.2, -0.15) is 0 Å². The maximum absolute atomic E-state index is 12.0. The maximum Gasteiger partial charge on any atom is 0.248 e. The topological polar surface area (TPSA) is 75.7 Å². The molecule has 19 heavy (non-hydrogen) atoms. The fourth-order valence-electron chi connectivity index (χ4n) is 1.77. The Morgan fingerprint density at radius 1 is 1.37 bits per heavy atom. The van der Waals surface area contributed by atoms with Crippen LogP contribution in [0.1, 0.15) is 0 Å². The Kier molecular flexibility index (Phi) is 4.18. The molecule has 104 valence electrons. The standard InChI is InChI=1S/C12H16N2O4S/c1-14-8-10(18-9-12(14)15)7-13-19(16,17)11-5-3-2-4-6-11/h2-6,10,13H,7-9H2,1H3. The molecule has 1 unspecified atom stereocenters.